The quantitative estimate of drug-likeness (QED) is 0.624. The van der Waals surface area contributed by atoms with Gasteiger partial charge in [-0.25, -0.2) is 4.39 Å². The number of hydrogen-bond acceptors (Lipinski definition) is 4. The number of carbonyl (C=O) groups excluding carboxylic acids is 1. The first-order chi connectivity index (χ1) is 10.1. The third kappa shape index (κ3) is 5.32. The highest BCUT2D eigenvalue weighted by Crippen LogP contribution is 2.17. The molecule has 116 valence electrons. The number of benzene rings is 1. The zero-order valence-corrected chi connectivity index (χ0v) is 11.9. The lowest BCUT2D eigenvalue weighted by Gasteiger charge is -2.22. The largest absolute Gasteiger partial charge is 0.399 e. The van der Waals surface area contributed by atoms with Crippen molar-refractivity contribution in [2.45, 2.75) is 31.8 Å². The van der Waals surface area contributed by atoms with E-state index in [9.17, 15) is 9.18 Å². The molecule has 0 aliphatic carbocycles. The predicted molar refractivity (Wildman–Crippen MR) is 78.5 cm³/mol. The molecule has 6 heteroatoms. The van der Waals surface area contributed by atoms with Crippen LogP contribution in [-0.4, -0.2) is 31.8 Å². The lowest BCUT2D eigenvalue weighted by molar-refractivity contribution is -0.117. The van der Waals surface area contributed by atoms with Crippen LogP contribution in [0.25, 0.3) is 0 Å². The molecular weight excluding hydrogens is 275 g/mol. The van der Waals surface area contributed by atoms with Crippen LogP contribution >= 0.6 is 0 Å². The standard InChI is InChI=1S/C15H21FN2O3/c16-13-5-4-11(17)9-14(13)18-15(19)6-8-20-10-12-3-1-2-7-21-12/h4-5,9,12H,1-3,6-8,10,17H2,(H,18,19). The van der Waals surface area contributed by atoms with Crippen molar-refractivity contribution in [2.75, 3.05) is 30.9 Å². The van der Waals surface area contributed by atoms with Crippen LogP contribution in [0.1, 0.15) is 25.7 Å². The van der Waals surface area contributed by atoms with E-state index in [1.807, 2.05) is 0 Å². The van der Waals surface area contributed by atoms with Crippen molar-refractivity contribution in [1.29, 1.82) is 0 Å². The van der Waals surface area contributed by atoms with E-state index in [2.05, 4.69) is 5.32 Å². The van der Waals surface area contributed by atoms with Gasteiger partial charge in [-0.2, -0.15) is 0 Å². The summed E-state index contributed by atoms with van der Waals surface area (Å²) >= 11 is 0. The molecule has 0 spiro atoms. The summed E-state index contributed by atoms with van der Waals surface area (Å²) in [6, 6.07) is 4.06. The van der Waals surface area contributed by atoms with Crippen LogP contribution in [0.5, 0.6) is 0 Å². The van der Waals surface area contributed by atoms with E-state index < -0.39 is 5.82 Å². The van der Waals surface area contributed by atoms with Crippen molar-refractivity contribution in [3.05, 3.63) is 24.0 Å². The Labute approximate surface area is 123 Å². The second-order valence-corrected chi connectivity index (χ2v) is 5.10. The Kier molecular flexibility index (Phi) is 5.95. The van der Waals surface area contributed by atoms with Gasteiger partial charge in [0, 0.05) is 12.3 Å². The van der Waals surface area contributed by atoms with E-state index in [4.69, 9.17) is 15.2 Å². The molecule has 1 heterocycles. The number of ether oxygens (including phenoxy) is 2. The van der Waals surface area contributed by atoms with E-state index in [0.717, 1.165) is 25.9 Å². The summed E-state index contributed by atoms with van der Waals surface area (Å²) in [6.07, 6.45) is 3.56. The second kappa shape index (κ2) is 7.95. The molecule has 0 saturated carbocycles. The summed E-state index contributed by atoms with van der Waals surface area (Å²) < 4.78 is 24.4. The third-order valence-corrected chi connectivity index (χ3v) is 3.32. The maximum absolute atomic E-state index is 13.4. The molecule has 1 unspecified atom stereocenters. The van der Waals surface area contributed by atoms with E-state index in [0.29, 0.717) is 12.3 Å². The van der Waals surface area contributed by atoms with Gasteiger partial charge in [0.15, 0.2) is 0 Å². The molecule has 1 atom stereocenters. The Morgan fingerprint density at radius 2 is 2.33 bits per heavy atom. The van der Waals surface area contributed by atoms with E-state index in [1.165, 1.54) is 18.2 Å². The highest BCUT2D eigenvalue weighted by Gasteiger charge is 2.14. The highest BCUT2D eigenvalue weighted by molar-refractivity contribution is 5.91. The van der Waals surface area contributed by atoms with Gasteiger partial charge in [-0.3, -0.25) is 4.79 Å². The van der Waals surface area contributed by atoms with Gasteiger partial charge < -0.3 is 20.5 Å². The van der Waals surface area contributed by atoms with Crippen LogP contribution in [0, 0.1) is 5.82 Å². The van der Waals surface area contributed by atoms with Crippen molar-refractivity contribution >= 4 is 17.3 Å². The topological polar surface area (TPSA) is 73.6 Å². The lowest BCUT2D eigenvalue weighted by atomic mass is 10.1. The smallest absolute Gasteiger partial charge is 0.226 e. The summed E-state index contributed by atoms with van der Waals surface area (Å²) in [7, 11) is 0. The Morgan fingerprint density at radius 3 is 3.10 bits per heavy atom. The van der Waals surface area contributed by atoms with E-state index in [-0.39, 0.29) is 30.7 Å². The molecule has 5 nitrogen and oxygen atoms in total. The SMILES string of the molecule is Nc1ccc(F)c(NC(=O)CCOCC2CCCCO2)c1. The van der Waals surface area contributed by atoms with Crippen LogP contribution in [-0.2, 0) is 14.3 Å². The van der Waals surface area contributed by atoms with Crippen molar-refractivity contribution < 1.29 is 18.7 Å². The summed E-state index contributed by atoms with van der Waals surface area (Å²) in [6.45, 7) is 1.57. The lowest BCUT2D eigenvalue weighted by Crippen LogP contribution is -2.25. The normalized spacial score (nSPS) is 18.4. The fraction of sp³-hybridized carbons (Fsp3) is 0.533. The number of nitrogens with one attached hydrogen (secondary N) is 1. The molecule has 1 aliphatic heterocycles. The maximum Gasteiger partial charge on any atom is 0.226 e. The monoisotopic (exact) mass is 296 g/mol. The molecule has 0 radical (unpaired) electrons. The van der Waals surface area contributed by atoms with Crippen molar-refractivity contribution in [2.24, 2.45) is 0 Å². The van der Waals surface area contributed by atoms with Crippen LogP contribution in [0.15, 0.2) is 18.2 Å². The van der Waals surface area contributed by atoms with Gasteiger partial charge in [-0.15, -0.1) is 0 Å². The molecule has 3 N–H and O–H groups in total. The van der Waals surface area contributed by atoms with Gasteiger partial charge in [0.1, 0.15) is 5.82 Å². The number of nitrogen functional groups attached to an aromatic ring is 1. The van der Waals surface area contributed by atoms with Crippen molar-refractivity contribution in [3.63, 3.8) is 0 Å². The minimum atomic E-state index is -0.505. The fourth-order valence-corrected chi connectivity index (χ4v) is 2.17. The zero-order chi connectivity index (χ0) is 15.1. The molecule has 1 aromatic carbocycles. The van der Waals surface area contributed by atoms with Crippen molar-refractivity contribution in [3.8, 4) is 0 Å². The molecular formula is C15H21FN2O3. The molecule has 1 fully saturated rings. The van der Waals surface area contributed by atoms with Gasteiger partial charge in [-0.05, 0) is 37.5 Å². The first-order valence-corrected chi connectivity index (χ1v) is 7.19. The van der Waals surface area contributed by atoms with Gasteiger partial charge >= 0.3 is 0 Å². The number of rotatable bonds is 6. The summed E-state index contributed by atoms with van der Waals surface area (Å²) in [5, 5.41) is 2.48. The Morgan fingerprint density at radius 1 is 1.48 bits per heavy atom. The zero-order valence-electron chi connectivity index (χ0n) is 11.9. The average Bonchev–Trinajstić information content (AvgIpc) is 2.48. The summed E-state index contributed by atoms with van der Waals surface area (Å²) in [5.74, 6) is -0.807. The number of carbonyl (C=O) groups is 1. The molecule has 1 aliphatic rings. The Balaban J connectivity index is 1.66. The van der Waals surface area contributed by atoms with Crippen LogP contribution in [0.4, 0.5) is 15.8 Å². The fourth-order valence-electron chi connectivity index (χ4n) is 2.17. The highest BCUT2D eigenvalue weighted by atomic mass is 19.1. The number of anilines is 2. The predicted octanol–water partition coefficient (Wildman–Crippen LogP) is 2.32. The minimum Gasteiger partial charge on any atom is -0.399 e. The number of amides is 1. The third-order valence-electron chi connectivity index (χ3n) is 3.32. The van der Waals surface area contributed by atoms with E-state index >= 15 is 0 Å². The first kappa shape index (κ1) is 15.7. The minimum absolute atomic E-state index is 0.0932. The summed E-state index contributed by atoms with van der Waals surface area (Å²) in [4.78, 5) is 11.7. The number of nitrogens with two attached hydrogens (primary N) is 1. The molecule has 1 saturated heterocycles. The molecule has 1 aromatic rings. The second-order valence-electron chi connectivity index (χ2n) is 5.10. The van der Waals surface area contributed by atoms with Gasteiger partial charge in [0.2, 0.25) is 5.91 Å². The van der Waals surface area contributed by atoms with E-state index in [1.54, 1.807) is 0 Å². The summed E-state index contributed by atoms with van der Waals surface area (Å²) in [5.41, 5.74) is 6.04. The van der Waals surface area contributed by atoms with Gasteiger partial charge in [-0.1, -0.05) is 0 Å². The molecule has 0 bridgehead atoms. The number of halogens is 1. The van der Waals surface area contributed by atoms with Crippen molar-refractivity contribution in [1.82, 2.24) is 0 Å². The van der Waals surface area contributed by atoms with Crippen LogP contribution < -0.4 is 11.1 Å². The van der Waals surface area contributed by atoms with Crippen LogP contribution in [0.3, 0.4) is 0 Å². The molecule has 21 heavy (non-hydrogen) atoms. The molecule has 1 amide bonds. The van der Waals surface area contributed by atoms with Gasteiger partial charge in [0.25, 0.3) is 0 Å². The molecule has 2 rings (SSSR count). The van der Waals surface area contributed by atoms with Gasteiger partial charge in [0.05, 0.1) is 31.4 Å². The Hall–Kier alpha value is -1.66. The first-order valence-electron chi connectivity index (χ1n) is 7.19. The molecule has 0 aromatic heterocycles. The van der Waals surface area contributed by atoms with Crippen LogP contribution in [0.2, 0.25) is 0 Å². The number of hydrogen-bond donors (Lipinski definition) is 2. The average molecular weight is 296 g/mol. The maximum atomic E-state index is 13.4. The Bertz CT molecular complexity index is 476.